The molecule has 0 bridgehead atoms. The first-order valence-electron chi connectivity index (χ1n) is 7.07. The van der Waals surface area contributed by atoms with Crippen molar-refractivity contribution in [3.63, 3.8) is 0 Å². The molecule has 1 aromatic carbocycles. The molecule has 0 fully saturated rings. The molecule has 0 unspecified atom stereocenters. The molecule has 0 atom stereocenters. The second-order valence-electron chi connectivity index (χ2n) is 5.10. The third-order valence-corrected chi connectivity index (χ3v) is 4.76. The predicted molar refractivity (Wildman–Crippen MR) is 83.6 cm³/mol. The van der Waals surface area contributed by atoms with Crippen LogP contribution in [0.1, 0.15) is 5.56 Å². The van der Waals surface area contributed by atoms with Crippen LogP contribution in [0.2, 0.25) is 0 Å². The third-order valence-electron chi connectivity index (χ3n) is 3.72. The first-order valence-corrected chi connectivity index (χ1v) is 8.05. The van der Waals surface area contributed by atoms with Crippen LogP contribution in [-0.4, -0.2) is 30.0 Å². The number of hydrogen-bond donors (Lipinski definition) is 0. The first kappa shape index (κ1) is 13.5. The van der Waals surface area contributed by atoms with Crippen molar-refractivity contribution >= 4 is 23.4 Å². The van der Waals surface area contributed by atoms with Crippen LogP contribution in [0.5, 0.6) is 11.5 Å². The molecule has 1 amide bonds. The van der Waals surface area contributed by atoms with Crippen molar-refractivity contribution in [2.24, 2.45) is 0 Å². The second kappa shape index (κ2) is 5.53. The zero-order chi connectivity index (χ0) is 14.9. The average Bonchev–Trinajstić information content (AvgIpc) is 3.02. The van der Waals surface area contributed by atoms with Gasteiger partial charge in [0.15, 0.2) is 11.5 Å². The van der Waals surface area contributed by atoms with Crippen LogP contribution in [-0.2, 0) is 11.2 Å². The molecule has 5 nitrogen and oxygen atoms in total. The highest BCUT2D eigenvalue weighted by Crippen LogP contribution is 2.35. The van der Waals surface area contributed by atoms with Gasteiger partial charge in [0.2, 0.25) is 12.7 Å². The summed E-state index contributed by atoms with van der Waals surface area (Å²) >= 11 is 1.76. The average molecular weight is 314 g/mol. The van der Waals surface area contributed by atoms with E-state index in [1.807, 2.05) is 29.2 Å². The molecule has 2 aliphatic heterocycles. The van der Waals surface area contributed by atoms with E-state index in [1.165, 1.54) is 0 Å². The number of fused-ring (bicyclic) bond motifs is 2. The fraction of sp³-hybridized carbons (Fsp3) is 0.250. The zero-order valence-corrected chi connectivity index (χ0v) is 12.6. The molecule has 0 aliphatic carbocycles. The van der Waals surface area contributed by atoms with Crippen molar-refractivity contribution in [1.29, 1.82) is 0 Å². The number of thioether (sulfide) groups is 1. The van der Waals surface area contributed by atoms with Gasteiger partial charge in [-0.3, -0.25) is 9.78 Å². The van der Waals surface area contributed by atoms with Gasteiger partial charge in [-0.15, -0.1) is 11.8 Å². The molecule has 0 spiro atoms. The van der Waals surface area contributed by atoms with E-state index in [2.05, 4.69) is 4.98 Å². The predicted octanol–water partition coefficient (Wildman–Crippen LogP) is 2.49. The molecule has 1 aromatic heterocycles. The molecule has 2 aliphatic rings. The highest BCUT2D eigenvalue weighted by atomic mass is 32.2. The van der Waals surface area contributed by atoms with Crippen molar-refractivity contribution in [1.82, 2.24) is 4.98 Å². The number of carbonyl (C=O) groups is 1. The molecule has 112 valence electrons. The molecule has 0 saturated heterocycles. The van der Waals surface area contributed by atoms with Crippen LogP contribution in [0.4, 0.5) is 5.69 Å². The molecule has 2 aromatic rings. The Morgan fingerprint density at radius 1 is 1.27 bits per heavy atom. The number of pyridine rings is 1. The van der Waals surface area contributed by atoms with Gasteiger partial charge in [0.05, 0.1) is 18.3 Å². The minimum atomic E-state index is 0.0772. The molecule has 22 heavy (non-hydrogen) atoms. The molecule has 3 heterocycles. The Bertz CT molecular complexity index is 735. The lowest BCUT2D eigenvalue weighted by molar-refractivity contribution is -0.118. The smallest absolute Gasteiger partial charge is 0.231 e. The number of hydrogen-bond acceptors (Lipinski definition) is 5. The number of ether oxygens (including phenoxy) is 2. The maximum atomic E-state index is 12.6. The third kappa shape index (κ3) is 2.39. The molecular formula is C16H14N2O3S. The minimum Gasteiger partial charge on any atom is -0.454 e. The normalized spacial score (nSPS) is 15.5. The number of rotatable bonds is 2. The maximum absolute atomic E-state index is 12.6. The first-order chi connectivity index (χ1) is 10.8. The van der Waals surface area contributed by atoms with Crippen molar-refractivity contribution in [2.45, 2.75) is 11.3 Å². The summed E-state index contributed by atoms with van der Waals surface area (Å²) in [6, 6.07) is 7.60. The second-order valence-corrected chi connectivity index (χ2v) is 6.24. The van der Waals surface area contributed by atoms with E-state index in [0.29, 0.717) is 18.7 Å². The van der Waals surface area contributed by atoms with Crippen molar-refractivity contribution in [3.05, 3.63) is 42.2 Å². The number of amides is 1. The molecule has 0 saturated carbocycles. The number of carbonyl (C=O) groups excluding carboxylic acids is 1. The maximum Gasteiger partial charge on any atom is 0.231 e. The van der Waals surface area contributed by atoms with Gasteiger partial charge >= 0.3 is 0 Å². The van der Waals surface area contributed by atoms with Crippen LogP contribution in [0.25, 0.3) is 0 Å². The number of benzene rings is 1. The van der Waals surface area contributed by atoms with Crippen molar-refractivity contribution < 1.29 is 14.3 Å². The highest BCUT2D eigenvalue weighted by molar-refractivity contribution is 7.99. The Kier molecular flexibility index (Phi) is 3.38. The summed E-state index contributed by atoms with van der Waals surface area (Å²) in [4.78, 5) is 19.7. The minimum absolute atomic E-state index is 0.0772. The highest BCUT2D eigenvalue weighted by Gasteiger charge is 2.23. The van der Waals surface area contributed by atoms with Crippen LogP contribution in [0.15, 0.2) is 41.6 Å². The van der Waals surface area contributed by atoms with E-state index in [1.54, 1.807) is 24.2 Å². The van der Waals surface area contributed by atoms with E-state index in [0.717, 1.165) is 27.6 Å². The fourth-order valence-electron chi connectivity index (χ4n) is 2.65. The van der Waals surface area contributed by atoms with Gasteiger partial charge in [-0.2, -0.15) is 0 Å². The quantitative estimate of drug-likeness (QED) is 0.852. The van der Waals surface area contributed by atoms with Crippen molar-refractivity contribution in [2.75, 3.05) is 24.0 Å². The van der Waals surface area contributed by atoms with Gasteiger partial charge in [-0.05, 0) is 23.8 Å². The van der Waals surface area contributed by atoms with Crippen LogP contribution in [0, 0.1) is 0 Å². The summed E-state index contributed by atoms with van der Waals surface area (Å²) in [5.74, 6) is 2.43. The van der Waals surface area contributed by atoms with Crippen LogP contribution < -0.4 is 14.4 Å². The Balaban J connectivity index is 1.56. The SMILES string of the molecule is O=C(Cc1ccc2c(c1)OCO2)N1CCSc2ccncc21. The summed E-state index contributed by atoms with van der Waals surface area (Å²) in [5.41, 5.74) is 1.84. The van der Waals surface area contributed by atoms with E-state index in [-0.39, 0.29) is 12.7 Å². The topological polar surface area (TPSA) is 51.7 Å². The number of anilines is 1. The lowest BCUT2D eigenvalue weighted by Crippen LogP contribution is -2.36. The lowest BCUT2D eigenvalue weighted by Gasteiger charge is -2.28. The number of nitrogens with zero attached hydrogens (tertiary/aromatic N) is 2. The largest absolute Gasteiger partial charge is 0.454 e. The molecule has 6 heteroatoms. The van der Waals surface area contributed by atoms with Gasteiger partial charge in [0.1, 0.15) is 0 Å². The summed E-state index contributed by atoms with van der Waals surface area (Å²) in [6.45, 7) is 0.960. The molecular weight excluding hydrogens is 300 g/mol. The van der Waals surface area contributed by atoms with E-state index < -0.39 is 0 Å². The van der Waals surface area contributed by atoms with Crippen LogP contribution >= 0.6 is 11.8 Å². The summed E-state index contributed by atoms with van der Waals surface area (Å²) in [7, 11) is 0. The Morgan fingerprint density at radius 2 is 2.18 bits per heavy atom. The van der Waals surface area contributed by atoms with Crippen LogP contribution in [0.3, 0.4) is 0 Å². The Hall–Kier alpha value is -2.21. The molecule has 0 N–H and O–H groups in total. The van der Waals surface area contributed by atoms with Gasteiger partial charge in [0.25, 0.3) is 0 Å². The van der Waals surface area contributed by atoms with Gasteiger partial charge in [-0.25, -0.2) is 0 Å². The van der Waals surface area contributed by atoms with E-state index in [9.17, 15) is 4.79 Å². The summed E-state index contributed by atoms with van der Waals surface area (Å²) in [5, 5.41) is 0. The summed E-state index contributed by atoms with van der Waals surface area (Å²) < 4.78 is 10.7. The van der Waals surface area contributed by atoms with Crippen molar-refractivity contribution in [3.8, 4) is 11.5 Å². The summed E-state index contributed by atoms with van der Waals surface area (Å²) in [6.07, 6.45) is 3.87. The lowest BCUT2D eigenvalue weighted by atomic mass is 10.1. The number of aromatic nitrogens is 1. The molecule has 4 rings (SSSR count). The van der Waals surface area contributed by atoms with Gasteiger partial charge in [-0.1, -0.05) is 6.07 Å². The monoisotopic (exact) mass is 314 g/mol. The van der Waals surface area contributed by atoms with E-state index >= 15 is 0 Å². The standard InChI is InChI=1S/C16H14N2O3S/c19-16(8-11-1-2-13-14(7-11)21-10-20-13)18-5-6-22-15-3-4-17-9-12(15)18/h1-4,7,9H,5-6,8,10H2. The Labute approximate surface area is 132 Å². The fourth-order valence-corrected chi connectivity index (χ4v) is 3.61. The van der Waals surface area contributed by atoms with Gasteiger partial charge in [0, 0.05) is 23.4 Å². The Morgan fingerprint density at radius 3 is 3.14 bits per heavy atom. The van der Waals surface area contributed by atoms with Gasteiger partial charge < -0.3 is 14.4 Å². The zero-order valence-electron chi connectivity index (χ0n) is 11.8. The van der Waals surface area contributed by atoms with E-state index in [4.69, 9.17) is 9.47 Å². The molecule has 0 radical (unpaired) electrons.